The molecule has 8 bridgehead atoms. The molecule has 4 aromatic carbocycles. The fourth-order valence-electron chi connectivity index (χ4n) is 5.82. The van der Waals surface area contributed by atoms with Gasteiger partial charge in [-0.05, 0) is 0 Å². The Morgan fingerprint density at radius 1 is 0.429 bits per heavy atom. The molecule has 7 aromatic rings. The van der Waals surface area contributed by atoms with Crippen molar-refractivity contribution in [2.75, 3.05) is 0 Å². The maximum atomic E-state index is 12.3. The molecule has 2 aliphatic rings. The molecule has 10 heteroatoms. The molecule has 0 saturated heterocycles. The van der Waals surface area contributed by atoms with Gasteiger partial charge < -0.3 is 14.4 Å². The third-order valence-electron chi connectivity index (χ3n) is 7.74. The molecule has 2 N–H and O–H groups in total. The predicted octanol–water partition coefficient (Wildman–Crippen LogP) is 5.28. The molecule has 3 aromatic heterocycles. The molecule has 5 heterocycles. The number of nitrogens with one attached hydrogen (secondary N) is 2. The molecule has 42 heavy (non-hydrogen) atoms. The summed E-state index contributed by atoms with van der Waals surface area (Å²) >= 11 is 0. The van der Waals surface area contributed by atoms with Gasteiger partial charge in [-0.2, -0.15) is 0 Å². The van der Waals surface area contributed by atoms with Gasteiger partial charge in [0.15, 0.2) is 23.3 Å². The number of H-pyrrole nitrogens is 2. The standard InChI is InChI=1S/C32H18N8OSi/c41-42-23-15-7-14-22-24(23)32-39-30-21-13-6-5-12-20(21)28(37-30)35-26-17-9-2-1-8-16(17)25(33-26)34-27-18-10-3-4-11-19(18)29(36-27)38-31(22)40-32/h1-15,42H,(H2,33,34,35,36,37,38,39,40). The van der Waals surface area contributed by atoms with Crippen molar-refractivity contribution in [2.45, 2.75) is 0 Å². The highest BCUT2D eigenvalue weighted by atomic mass is 28.2. The number of aromatic nitrogens is 8. The molecular formula is C32H18N8OSi. The van der Waals surface area contributed by atoms with Crippen LogP contribution in [0.4, 0.5) is 0 Å². The van der Waals surface area contributed by atoms with E-state index < -0.39 is 9.41 Å². The van der Waals surface area contributed by atoms with Crippen LogP contribution >= 0.6 is 0 Å². The van der Waals surface area contributed by atoms with E-state index in [-0.39, 0.29) is 0 Å². The number of hydrogen-bond donors (Lipinski definition) is 2. The van der Waals surface area contributed by atoms with Gasteiger partial charge in [-0.25, -0.2) is 29.9 Å². The van der Waals surface area contributed by atoms with Crippen molar-refractivity contribution >= 4 is 58.7 Å². The maximum absolute atomic E-state index is 12.3. The monoisotopic (exact) mass is 558 g/mol. The van der Waals surface area contributed by atoms with Gasteiger partial charge in [-0.1, -0.05) is 91.0 Å². The van der Waals surface area contributed by atoms with E-state index in [0.717, 1.165) is 43.8 Å². The van der Waals surface area contributed by atoms with E-state index >= 15 is 0 Å². The molecule has 0 saturated carbocycles. The number of nitrogens with zero attached hydrogens (tertiary/aromatic N) is 6. The van der Waals surface area contributed by atoms with Gasteiger partial charge in [0.05, 0.1) is 0 Å². The van der Waals surface area contributed by atoms with E-state index in [9.17, 15) is 4.46 Å². The van der Waals surface area contributed by atoms with Crippen LogP contribution < -0.4 is 5.19 Å². The Morgan fingerprint density at radius 3 is 1.33 bits per heavy atom. The van der Waals surface area contributed by atoms with Gasteiger partial charge in [-0.3, -0.25) is 0 Å². The SMILES string of the molecule is O=[SiH]c1cccc2c3nc4nc(nc5[nH]c(nc6nc(nc([nH]3)c12)-c1ccccc1-6)c1ccccc51)-c1ccccc1-4. The zero-order chi connectivity index (χ0) is 27.8. The quantitative estimate of drug-likeness (QED) is 0.263. The van der Waals surface area contributed by atoms with E-state index in [4.69, 9.17) is 29.9 Å². The fourth-order valence-corrected chi connectivity index (χ4v) is 6.42. The van der Waals surface area contributed by atoms with Crippen LogP contribution in [-0.2, 0) is 4.46 Å². The molecule has 0 radical (unpaired) electrons. The summed E-state index contributed by atoms with van der Waals surface area (Å²) in [6, 6.07) is 29.5. The van der Waals surface area contributed by atoms with E-state index in [2.05, 4.69) is 9.97 Å². The van der Waals surface area contributed by atoms with E-state index in [1.54, 1.807) is 0 Å². The second-order valence-corrected chi connectivity index (χ2v) is 11.0. The number of fused-ring (bicyclic) bond motifs is 20. The molecule has 9 nitrogen and oxygen atoms in total. The van der Waals surface area contributed by atoms with Gasteiger partial charge in [0.2, 0.25) is 0 Å². The van der Waals surface area contributed by atoms with Crippen LogP contribution in [0.25, 0.3) is 89.7 Å². The summed E-state index contributed by atoms with van der Waals surface area (Å²) in [7, 11) is -1.21. The lowest BCUT2D eigenvalue weighted by atomic mass is 10.1. The number of aromatic amines is 2. The first-order valence-electron chi connectivity index (χ1n) is 13.4. The Hall–Kier alpha value is -5.74. The van der Waals surface area contributed by atoms with Crippen LogP contribution in [0.1, 0.15) is 0 Å². The largest absolute Gasteiger partial charge is 0.386 e. The first-order valence-corrected chi connectivity index (χ1v) is 14.5. The lowest BCUT2D eigenvalue weighted by Gasteiger charge is -1.97. The normalized spacial score (nSPS) is 11.9. The van der Waals surface area contributed by atoms with Crippen LogP contribution in [0.5, 0.6) is 0 Å². The van der Waals surface area contributed by atoms with Crippen LogP contribution in [0, 0.1) is 0 Å². The summed E-state index contributed by atoms with van der Waals surface area (Å²) in [5.41, 5.74) is 5.92. The van der Waals surface area contributed by atoms with E-state index in [0.29, 0.717) is 51.1 Å². The molecule has 0 atom stereocenters. The topological polar surface area (TPSA) is 126 Å². The minimum atomic E-state index is -1.21. The summed E-state index contributed by atoms with van der Waals surface area (Å²) in [5, 5.41) is 4.14. The molecule has 0 spiro atoms. The second kappa shape index (κ2) is 8.63. The lowest BCUT2D eigenvalue weighted by Crippen LogP contribution is -2.06. The van der Waals surface area contributed by atoms with Crippen molar-refractivity contribution in [1.29, 1.82) is 0 Å². The minimum absolute atomic E-state index is 0.516. The summed E-state index contributed by atoms with van der Waals surface area (Å²) in [5.74, 6) is 2.15. The van der Waals surface area contributed by atoms with Crippen LogP contribution in [0.3, 0.4) is 0 Å². The van der Waals surface area contributed by atoms with Crippen molar-refractivity contribution in [3.8, 4) is 45.6 Å². The van der Waals surface area contributed by atoms with Crippen molar-refractivity contribution in [3.05, 3.63) is 91.0 Å². The third-order valence-corrected chi connectivity index (χ3v) is 8.47. The number of hydrogen-bond acceptors (Lipinski definition) is 7. The summed E-state index contributed by atoms with van der Waals surface area (Å²) in [6.45, 7) is 0. The lowest BCUT2D eigenvalue weighted by molar-refractivity contribution is 0.583. The molecule has 2 aliphatic heterocycles. The van der Waals surface area contributed by atoms with Crippen LogP contribution in [0.2, 0.25) is 0 Å². The Balaban J connectivity index is 1.52. The molecule has 9 rings (SSSR count). The highest BCUT2D eigenvalue weighted by Gasteiger charge is 2.22. The van der Waals surface area contributed by atoms with Crippen LogP contribution in [0.15, 0.2) is 91.0 Å². The average molecular weight is 559 g/mol. The highest BCUT2D eigenvalue weighted by molar-refractivity contribution is 6.46. The Kier molecular flexibility index (Phi) is 4.73. The molecule has 0 aliphatic carbocycles. The summed E-state index contributed by atoms with van der Waals surface area (Å²) in [6.07, 6.45) is 0. The van der Waals surface area contributed by atoms with E-state index in [1.807, 2.05) is 91.0 Å². The Morgan fingerprint density at radius 2 is 0.833 bits per heavy atom. The number of benzene rings is 4. The zero-order valence-electron chi connectivity index (χ0n) is 21.8. The summed E-state index contributed by atoms with van der Waals surface area (Å²) < 4.78 is 12.3. The summed E-state index contributed by atoms with van der Waals surface area (Å²) in [4.78, 5) is 36.6. The number of rotatable bonds is 1. The Bertz CT molecular complexity index is 2460. The van der Waals surface area contributed by atoms with Crippen molar-refractivity contribution in [2.24, 2.45) is 0 Å². The van der Waals surface area contributed by atoms with Crippen molar-refractivity contribution < 1.29 is 4.46 Å². The molecule has 0 amide bonds. The fraction of sp³-hybridized carbons (Fsp3) is 0. The first kappa shape index (κ1) is 23.0. The van der Waals surface area contributed by atoms with Gasteiger partial charge in [0, 0.05) is 49.0 Å². The highest BCUT2D eigenvalue weighted by Crippen LogP contribution is 2.36. The molecule has 196 valence electrons. The van der Waals surface area contributed by atoms with Gasteiger partial charge in [0.1, 0.15) is 22.6 Å². The molecular weight excluding hydrogens is 540 g/mol. The van der Waals surface area contributed by atoms with Gasteiger partial charge >= 0.3 is 0 Å². The van der Waals surface area contributed by atoms with Gasteiger partial charge in [-0.15, -0.1) is 0 Å². The van der Waals surface area contributed by atoms with Crippen molar-refractivity contribution in [1.82, 2.24) is 39.9 Å². The molecule has 0 unspecified atom stereocenters. The molecule has 0 fully saturated rings. The van der Waals surface area contributed by atoms with Crippen LogP contribution in [-0.4, -0.2) is 49.3 Å². The van der Waals surface area contributed by atoms with Gasteiger partial charge in [0.25, 0.3) is 9.41 Å². The third kappa shape index (κ3) is 3.29. The van der Waals surface area contributed by atoms with E-state index in [1.165, 1.54) is 0 Å². The van der Waals surface area contributed by atoms with Crippen molar-refractivity contribution in [3.63, 3.8) is 0 Å². The zero-order valence-corrected chi connectivity index (χ0v) is 23.0. The average Bonchev–Trinajstić information content (AvgIpc) is 3.76. The maximum Gasteiger partial charge on any atom is 0.296 e. The minimum Gasteiger partial charge on any atom is -0.386 e. The second-order valence-electron chi connectivity index (χ2n) is 10.1. The first-order chi connectivity index (χ1) is 20.7. The predicted molar refractivity (Wildman–Crippen MR) is 164 cm³/mol. The Labute approximate surface area is 239 Å². The smallest absolute Gasteiger partial charge is 0.296 e.